The molecule has 0 saturated heterocycles. The fraction of sp³-hybridized carbons (Fsp3) is 0.533. The van der Waals surface area contributed by atoms with Crippen LogP contribution in [-0.2, 0) is 4.79 Å². The topological polar surface area (TPSA) is 61.8 Å². The number of aliphatic hydroxyl groups excluding tert-OH is 1. The molecule has 1 aromatic carbocycles. The molecule has 0 saturated carbocycles. The molecule has 0 fully saturated rings. The molecule has 0 bridgehead atoms. The molecule has 20 heavy (non-hydrogen) atoms. The lowest BCUT2D eigenvalue weighted by molar-refractivity contribution is -0.130. The van der Waals surface area contributed by atoms with Crippen LogP contribution in [0, 0.1) is 6.92 Å². The van der Waals surface area contributed by atoms with Crippen molar-refractivity contribution in [3.05, 3.63) is 29.8 Å². The molecule has 5 nitrogen and oxygen atoms in total. The first kappa shape index (κ1) is 16.5. The number of hydrogen-bond acceptors (Lipinski definition) is 4. The molecular weight excluding hydrogens is 256 g/mol. The molecule has 1 aromatic rings. The van der Waals surface area contributed by atoms with Gasteiger partial charge in [0.05, 0.1) is 6.04 Å². The number of carbonyl (C=O) groups excluding carboxylic acids is 1. The third-order valence-electron chi connectivity index (χ3n) is 2.93. The maximum Gasteiger partial charge on any atom is 0.238 e. The van der Waals surface area contributed by atoms with Gasteiger partial charge in [-0.1, -0.05) is 17.7 Å². The Morgan fingerprint density at radius 2 is 1.95 bits per heavy atom. The summed E-state index contributed by atoms with van der Waals surface area (Å²) < 4.78 is 5.48. The molecule has 2 atom stereocenters. The minimum absolute atomic E-state index is 0.0170. The number of rotatable bonds is 7. The lowest BCUT2D eigenvalue weighted by atomic mass is 10.2. The molecule has 0 heterocycles. The van der Waals surface area contributed by atoms with Crippen LogP contribution in [0.1, 0.15) is 12.5 Å². The van der Waals surface area contributed by atoms with Crippen LogP contribution in [0.3, 0.4) is 0 Å². The van der Waals surface area contributed by atoms with E-state index in [1.165, 1.54) is 4.90 Å². The van der Waals surface area contributed by atoms with Crippen LogP contribution in [0.15, 0.2) is 24.3 Å². The third kappa shape index (κ3) is 5.59. The van der Waals surface area contributed by atoms with Crippen molar-refractivity contribution in [3.8, 4) is 5.75 Å². The number of ether oxygens (including phenoxy) is 1. The molecule has 5 heteroatoms. The van der Waals surface area contributed by atoms with E-state index < -0.39 is 6.10 Å². The van der Waals surface area contributed by atoms with Gasteiger partial charge in [-0.2, -0.15) is 0 Å². The number of nitrogens with zero attached hydrogens (tertiary/aromatic N) is 1. The molecule has 112 valence electrons. The summed E-state index contributed by atoms with van der Waals surface area (Å²) in [5, 5.41) is 12.8. The summed E-state index contributed by atoms with van der Waals surface area (Å²) in [6, 6.07) is 7.33. The van der Waals surface area contributed by atoms with Crippen LogP contribution in [0.25, 0.3) is 0 Å². The predicted molar refractivity (Wildman–Crippen MR) is 78.8 cm³/mol. The highest BCUT2D eigenvalue weighted by Gasteiger charge is 2.15. The number of amides is 1. The van der Waals surface area contributed by atoms with Crippen molar-refractivity contribution in [2.75, 3.05) is 27.2 Å². The molecule has 2 N–H and O–H groups in total. The zero-order valence-corrected chi connectivity index (χ0v) is 12.6. The normalized spacial score (nSPS) is 13.7. The van der Waals surface area contributed by atoms with Gasteiger partial charge in [-0.25, -0.2) is 0 Å². The molecule has 0 aromatic heterocycles. The van der Waals surface area contributed by atoms with Crippen molar-refractivity contribution < 1.29 is 14.6 Å². The second kappa shape index (κ2) is 7.87. The maximum absolute atomic E-state index is 11.6. The standard InChI is InChI=1S/C15H24N2O3/c1-11-5-7-14(8-6-11)20-10-13(18)9-16-12(2)15(19)17(3)4/h5-8,12-13,16,18H,9-10H2,1-4H3. The monoisotopic (exact) mass is 280 g/mol. The van der Waals surface area contributed by atoms with Gasteiger partial charge in [-0.3, -0.25) is 4.79 Å². The van der Waals surface area contributed by atoms with E-state index >= 15 is 0 Å². The van der Waals surface area contributed by atoms with E-state index in [2.05, 4.69) is 5.32 Å². The predicted octanol–water partition coefficient (Wildman–Crippen LogP) is 0.801. The van der Waals surface area contributed by atoms with Crippen LogP contribution >= 0.6 is 0 Å². The highest BCUT2D eigenvalue weighted by molar-refractivity contribution is 5.80. The van der Waals surface area contributed by atoms with Crippen molar-refractivity contribution >= 4 is 5.91 Å². The van der Waals surface area contributed by atoms with Crippen LogP contribution in [-0.4, -0.2) is 55.3 Å². The van der Waals surface area contributed by atoms with Crippen molar-refractivity contribution in [2.24, 2.45) is 0 Å². The number of aryl methyl sites for hydroxylation is 1. The van der Waals surface area contributed by atoms with Gasteiger partial charge in [0.25, 0.3) is 0 Å². The fourth-order valence-electron chi connectivity index (χ4n) is 1.67. The summed E-state index contributed by atoms with van der Waals surface area (Å²) in [6.45, 7) is 4.28. The Hall–Kier alpha value is -1.59. The molecule has 0 aliphatic heterocycles. The van der Waals surface area contributed by atoms with Gasteiger partial charge in [0.2, 0.25) is 5.91 Å². The fourth-order valence-corrected chi connectivity index (χ4v) is 1.67. The smallest absolute Gasteiger partial charge is 0.238 e. The maximum atomic E-state index is 11.6. The van der Waals surface area contributed by atoms with E-state index in [0.29, 0.717) is 6.54 Å². The van der Waals surface area contributed by atoms with Gasteiger partial charge < -0.3 is 20.1 Å². The zero-order chi connectivity index (χ0) is 15.1. The lowest BCUT2D eigenvalue weighted by Gasteiger charge is -2.20. The van der Waals surface area contributed by atoms with Crippen molar-refractivity contribution in [1.29, 1.82) is 0 Å². The van der Waals surface area contributed by atoms with Gasteiger partial charge in [0.1, 0.15) is 18.5 Å². The van der Waals surface area contributed by atoms with Crippen LogP contribution < -0.4 is 10.1 Å². The highest BCUT2D eigenvalue weighted by atomic mass is 16.5. The van der Waals surface area contributed by atoms with E-state index in [1.54, 1.807) is 21.0 Å². The van der Waals surface area contributed by atoms with Gasteiger partial charge in [0, 0.05) is 20.6 Å². The van der Waals surface area contributed by atoms with Crippen molar-refractivity contribution in [1.82, 2.24) is 10.2 Å². The second-order valence-electron chi connectivity index (χ2n) is 5.14. The summed E-state index contributed by atoms with van der Waals surface area (Å²) in [5.74, 6) is 0.712. The van der Waals surface area contributed by atoms with Crippen LogP contribution in [0.5, 0.6) is 5.75 Å². The summed E-state index contributed by atoms with van der Waals surface area (Å²) in [5.41, 5.74) is 1.16. The number of benzene rings is 1. The molecule has 0 aliphatic carbocycles. The Kier molecular flexibility index (Phi) is 6.48. The lowest BCUT2D eigenvalue weighted by Crippen LogP contribution is -2.45. The van der Waals surface area contributed by atoms with E-state index in [9.17, 15) is 9.90 Å². The van der Waals surface area contributed by atoms with Crippen molar-refractivity contribution in [3.63, 3.8) is 0 Å². The molecule has 0 aliphatic rings. The number of carbonyl (C=O) groups is 1. The van der Waals surface area contributed by atoms with E-state index in [1.807, 2.05) is 31.2 Å². The molecular formula is C15H24N2O3. The minimum atomic E-state index is -0.659. The minimum Gasteiger partial charge on any atom is -0.491 e. The summed E-state index contributed by atoms with van der Waals surface area (Å²) in [6.07, 6.45) is -0.659. The summed E-state index contributed by atoms with van der Waals surface area (Å²) in [4.78, 5) is 13.1. The largest absolute Gasteiger partial charge is 0.491 e. The Morgan fingerprint density at radius 1 is 1.35 bits per heavy atom. The Balaban J connectivity index is 2.28. The van der Waals surface area contributed by atoms with Gasteiger partial charge in [0.15, 0.2) is 0 Å². The summed E-state index contributed by atoms with van der Waals surface area (Å²) >= 11 is 0. The van der Waals surface area contributed by atoms with Gasteiger partial charge in [-0.05, 0) is 26.0 Å². The first-order valence-corrected chi connectivity index (χ1v) is 6.72. The number of aliphatic hydroxyl groups is 1. The number of nitrogens with one attached hydrogen (secondary N) is 1. The molecule has 1 rings (SSSR count). The molecule has 2 unspecified atom stereocenters. The Labute approximate surface area is 120 Å². The average molecular weight is 280 g/mol. The third-order valence-corrected chi connectivity index (χ3v) is 2.93. The zero-order valence-electron chi connectivity index (χ0n) is 12.6. The first-order valence-electron chi connectivity index (χ1n) is 6.72. The van der Waals surface area contributed by atoms with Crippen LogP contribution in [0.2, 0.25) is 0 Å². The Bertz CT molecular complexity index is 418. The van der Waals surface area contributed by atoms with E-state index in [4.69, 9.17) is 4.74 Å². The molecule has 0 spiro atoms. The number of likely N-dealkylation sites (N-methyl/N-ethyl adjacent to an activating group) is 1. The van der Waals surface area contributed by atoms with Gasteiger partial charge in [-0.15, -0.1) is 0 Å². The average Bonchev–Trinajstić information content (AvgIpc) is 2.43. The Morgan fingerprint density at radius 3 is 2.50 bits per heavy atom. The highest BCUT2D eigenvalue weighted by Crippen LogP contribution is 2.11. The first-order chi connectivity index (χ1) is 9.40. The second-order valence-corrected chi connectivity index (χ2v) is 5.14. The quantitative estimate of drug-likeness (QED) is 0.775. The molecule has 0 radical (unpaired) electrons. The van der Waals surface area contributed by atoms with Crippen LogP contribution in [0.4, 0.5) is 0 Å². The SMILES string of the molecule is Cc1ccc(OCC(O)CNC(C)C(=O)N(C)C)cc1. The van der Waals surface area contributed by atoms with Gasteiger partial charge >= 0.3 is 0 Å². The van der Waals surface area contributed by atoms with E-state index in [0.717, 1.165) is 11.3 Å². The molecule has 1 amide bonds. The van der Waals surface area contributed by atoms with Crippen molar-refractivity contribution in [2.45, 2.75) is 26.0 Å². The summed E-state index contributed by atoms with van der Waals surface area (Å²) in [7, 11) is 3.41. The van der Waals surface area contributed by atoms with E-state index in [-0.39, 0.29) is 18.6 Å². The number of hydrogen-bond donors (Lipinski definition) is 2.